The summed E-state index contributed by atoms with van der Waals surface area (Å²) in [6, 6.07) is 10.4. The Morgan fingerprint density at radius 2 is 1.94 bits per heavy atom. The van der Waals surface area contributed by atoms with Gasteiger partial charge in [-0.2, -0.15) is 0 Å². The molecular weight excluding hydrogens is 262 g/mol. The molecule has 98 valence electrons. The fraction of sp³-hybridized carbons (Fsp3) is 0.467. The van der Waals surface area contributed by atoms with Gasteiger partial charge in [0.25, 0.3) is 0 Å². The topological polar surface area (TPSA) is 12.0 Å². The molecule has 0 heterocycles. The van der Waals surface area contributed by atoms with Crippen LogP contribution in [0.3, 0.4) is 0 Å². The van der Waals surface area contributed by atoms with Crippen molar-refractivity contribution in [3.05, 3.63) is 41.9 Å². The minimum atomic E-state index is 0.186. The minimum absolute atomic E-state index is 0.186. The summed E-state index contributed by atoms with van der Waals surface area (Å²) in [5.74, 6) is 0. The summed E-state index contributed by atoms with van der Waals surface area (Å²) < 4.78 is 3.43. The van der Waals surface area contributed by atoms with Crippen molar-refractivity contribution in [3.8, 4) is 0 Å². The van der Waals surface area contributed by atoms with E-state index in [1.54, 1.807) is 11.9 Å². The molecule has 1 aromatic carbocycles. The van der Waals surface area contributed by atoms with Crippen LogP contribution in [-0.2, 0) is 0 Å². The largest absolute Gasteiger partial charge is 0.260 e. The lowest BCUT2D eigenvalue weighted by atomic mass is 9.83. The number of halogens is 1. The zero-order valence-corrected chi connectivity index (χ0v) is 12.2. The van der Waals surface area contributed by atoms with Crippen LogP contribution >= 0.6 is 23.5 Å². The molecule has 0 radical (unpaired) electrons. The van der Waals surface area contributed by atoms with E-state index in [9.17, 15) is 0 Å². The van der Waals surface area contributed by atoms with Gasteiger partial charge in [0.15, 0.2) is 0 Å². The van der Waals surface area contributed by atoms with Crippen LogP contribution in [0.25, 0.3) is 0 Å². The average Bonchev–Trinajstić information content (AvgIpc) is 2.86. The molecule has 0 aromatic heterocycles. The van der Waals surface area contributed by atoms with Gasteiger partial charge in [-0.25, -0.2) is 0 Å². The van der Waals surface area contributed by atoms with Crippen LogP contribution in [-0.4, -0.2) is 6.54 Å². The third kappa shape index (κ3) is 3.53. The number of rotatable bonds is 6. The molecule has 1 aromatic rings. The first-order chi connectivity index (χ1) is 8.73. The molecule has 3 heteroatoms. The Hall–Kier alpha value is -0.440. The Kier molecular flexibility index (Phi) is 5.16. The summed E-state index contributed by atoms with van der Waals surface area (Å²) in [5, 5.41) is 0.853. The quantitative estimate of drug-likeness (QED) is 0.582. The summed E-state index contributed by atoms with van der Waals surface area (Å²) in [6.45, 7) is 4.95. The average molecular weight is 282 g/mol. The number of benzene rings is 1. The van der Waals surface area contributed by atoms with Gasteiger partial charge in [0, 0.05) is 21.9 Å². The molecule has 1 saturated carbocycles. The van der Waals surface area contributed by atoms with Crippen molar-refractivity contribution in [3.63, 3.8) is 0 Å². The highest BCUT2D eigenvalue weighted by atomic mass is 35.5. The number of hydrogen-bond donors (Lipinski definition) is 1. The smallest absolute Gasteiger partial charge is 0.0228 e. The van der Waals surface area contributed by atoms with Crippen LogP contribution in [0.1, 0.15) is 32.1 Å². The molecular formula is C15H20ClNS. The van der Waals surface area contributed by atoms with Gasteiger partial charge in [-0.1, -0.05) is 49.2 Å². The van der Waals surface area contributed by atoms with E-state index < -0.39 is 0 Å². The monoisotopic (exact) mass is 281 g/mol. The van der Waals surface area contributed by atoms with Crippen LogP contribution in [0, 0.1) is 5.41 Å². The summed E-state index contributed by atoms with van der Waals surface area (Å²) in [4.78, 5) is 1.25. The van der Waals surface area contributed by atoms with Gasteiger partial charge >= 0.3 is 0 Å². The van der Waals surface area contributed by atoms with Gasteiger partial charge in [0.05, 0.1) is 0 Å². The molecule has 2 rings (SSSR count). The van der Waals surface area contributed by atoms with Crippen molar-refractivity contribution in [1.82, 2.24) is 4.72 Å². The SMILES string of the molecule is C=C(Cl)C1(CCNSc2ccccc2)CCCC1. The predicted molar refractivity (Wildman–Crippen MR) is 80.8 cm³/mol. The van der Waals surface area contributed by atoms with Gasteiger partial charge < -0.3 is 0 Å². The van der Waals surface area contributed by atoms with Crippen LogP contribution in [0.5, 0.6) is 0 Å². The maximum absolute atomic E-state index is 6.21. The first-order valence-corrected chi connectivity index (χ1v) is 7.72. The second-order valence-electron chi connectivity index (χ2n) is 4.95. The molecule has 1 fully saturated rings. The van der Waals surface area contributed by atoms with E-state index in [0.717, 1.165) is 18.0 Å². The molecule has 0 spiro atoms. The van der Waals surface area contributed by atoms with Crippen molar-refractivity contribution in [1.29, 1.82) is 0 Å². The summed E-state index contributed by atoms with van der Waals surface area (Å²) in [7, 11) is 0. The van der Waals surface area contributed by atoms with Crippen LogP contribution in [0.15, 0.2) is 46.8 Å². The maximum Gasteiger partial charge on any atom is 0.0228 e. The van der Waals surface area contributed by atoms with Crippen LogP contribution in [0.4, 0.5) is 0 Å². The number of allylic oxidation sites excluding steroid dienone is 1. The first kappa shape index (κ1) is 14.0. The van der Waals surface area contributed by atoms with Gasteiger partial charge in [-0.05, 0) is 43.3 Å². The molecule has 1 nitrogen and oxygen atoms in total. The zero-order valence-electron chi connectivity index (χ0n) is 10.6. The lowest BCUT2D eigenvalue weighted by molar-refractivity contribution is 0.357. The highest BCUT2D eigenvalue weighted by molar-refractivity contribution is 7.97. The van der Waals surface area contributed by atoms with Crippen molar-refractivity contribution in [2.45, 2.75) is 37.0 Å². The highest BCUT2D eigenvalue weighted by Crippen LogP contribution is 2.47. The van der Waals surface area contributed by atoms with Crippen molar-refractivity contribution < 1.29 is 0 Å². The zero-order chi connectivity index (χ0) is 12.8. The second-order valence-corrected chi connectivity index (χ2v) is 6.37. The third-order valence-electron chi connectivity index (χ3n) is 3.77. The molecule has 0 unspecified atom stereocenters. The standard InChI is InChI=1S/C15H20ClNS/c1-13(16)15(9-5-6-10-15)11-12-17-18-14-7-3-2-4-8-14/h2-4,7-8,17H,1,5-6,9-12H2. The van der Waals surface area contributed by atoms with E-state index in [1.807, 2.05) is 6.07 Å². The molecule has 0 saturated heterocycles. The second kappa shape index (κ2) is 6.65. The molecule has 1 aliphatic carbocycles. The number of hydrogen-bond acceptors (Lipinski definition) is 2. The Bertz CT molecular complexity index is 385. The van der Waals surface area contributed by atoms with Gasteiger partial charge in [-0.15, -0.1) is 0 Å². The highest BCUT2D eigenvalue weighted by Gasteiger charge is 2.35. The van der Waals surface area contributed by atoms with E-state index in [4.69, 9.17) is 11.6 Å². The van der Waals surface area contributed by atoms with Gasteiger partial charge in [0.2, 0.25) is 0 Å². The first-order valence-electron chi connectivity index (χ1n) is 6.53. The molecule has 0 aliphatic heterocycles. The molecule has 0 bridgehead atoms. The van der Waals surface area contributed by atoms with Crippen molar-refractivity contribution >= 4 is 23.5 Å². The lowest BCUT2D eigenvalue weighted by Gasteiger charge is -2.28. The Labute approximate surface area is 119 Å². The normalized spacial score (nSPS) is 17.8. The van der Waals surface area contributed by atoms with E-state index in [0.29, 0.717) is 0 Å². The Morgan fingerprint density at radius 1 is 1.28 bits per heavy atom. The molecule has 1 N–H and O–H groups in total. The number of nitrogens with one attached hydrogen (secondary N) is 1. The summed E-state index contributed by atoms with van der Waals surface area (Å²) >= 11 is 7.90. The predicted octanol–water partition coefficient (Wildman–Crippen LogP) is 4.99. The molecule has 1 aliphatic rings. The molecule has 0 amide bonds. The van der Waals surface area contributed by atoms with Crippen LogP contribution in [0.2, 0.25) is 0 Å². The maximum atomic E-state index is 6.21. The summed E-state index contributed by atoms with van der Waals surface area (Å²) in [5.41, 5.74) is 0.186. The Morgan fingerprint density at radius 3 is 2.56 bits per heavy atom. The van der Waals surface area contributed by atoms with E-state index in [-0.39, 0.29) is 5.41 Å². The lowest BCUT2D eigenvalue weighted by Crippen LogP contribution is -2.22. The Balaban J connectivity index is 1.76. The third-order valence-corrected chi connectivity index (χ3v) is 5.03. The van der Waals surface area contributed by atoms with E-state index in [1.165, 1.54) is 30.6 Å². The fourth-order valence-corrected chi connectivity index (χ4v) is 3.57. The van der Waals surface area contributed by atoms with E-state index >= 15 is 0 Å². The van der Waals surface area contributed by atoms with Crippen LogP contribution < -0.4 is 4.72 Å². The van der Waals surface area contributed by atoms with E-state index in [2.05, 4.69) is 35.6 Å². The van der Waals surface area contributed by atoms with Gasteiger partial charge in [0.1, 0.15) is 0 Å². The van der Waals surface area contributed by atoms with Gasteiger partial charge in [-0.3, -0.25) is 4.72 Å². The fourth-order valence-electron chi connectivity index (χ4n) is 2.62. The molecule has 0 atom stereocenters. The minimum Gasteiger partial charge on any atom is -0.260 e. The van der Waals surface area contributed by atoms with Crippen molar-refractivity contribution in [2.24, 2.45) is 5.41 Å². The molecule has 18 heavy (non-hydrogen) atoms. The van der Waals surface area contributed by atoms with Crippen molar-refractivity contribution in [2.75, 3.05) is 6.54 Å². The summed E-state index contributed by atoms with van der Waals surface area (Å²) in [6.07, 6.45) is 6.07.